The summed E-state index contributed by atoms with van der Waals surface area (Å²) >= 11 is 1.85. The highest BCUT2D eigenvalue weighted by molar-refractivity contribution is 7.27. The second kappa shape index (κ2) is 6.07. The van der Waals surface area contributed by atoms with Crippen LogP contribution in [0.5, 0.6) is 0 Å². The van der Waals surface area contributed by atoms with E-state index < -0.39 is 0 Å². The zero-order chi connectivity index (χ0) is 20.7. The number of fused-ring (bicyclic) bond motifs is 7. The highest BCUT2D eigenvalue weighted by Gasteiger charge is 2.52. The fraction of sp³-hybridized carbons (Fsp3) is 0.231. The zero-order valence-electron chi connectivity index (χ0n) is 17.7. The van der Waals surface area contributed by atoms with E-state index in [1.54, 1.807) is 0 Å². The molecule has 30 heavy (non-hydrogen) atoms. The van der Waals surface area contributed by atoms with Crippen LogP contribution in [0.25, 0.3) is 41.7 Å². The summed E-state index contributed by atoms with van der Waals surface area (Å²) in [4.78, 5) is 0. The minimum atomic E-state index is -0.374. The molecule has 1 aliphatic heterocycles. The van der Waals surface area contributed by atoms with Crippen molar-refractivity contribution in [1.29, 1.82) is 0 Å². The van der Waals surface area contributed by atoms with Gasteiger partial charge in [-0.1, -0.05) is 60.7 Å². The fourth-order valence-electron chi connectivity index (χ4n) is 4.56. The Morgan fingerprint density at radius 3 is 2.00 bits per heavy atom. The van der Waals surface area contributed by atoms with E-state index in [1.165, 1.54) is 41.7 Å². The van der Waals surface area contributed by atoms with Crippen LogP contribution in [0.4, 0.5) is 0 Å². The highest BCUT2D eigenvalue weighted by atomic mass is 32.1. The Kier molecular flexibility index (Phi) is 3.72. The zero-order valence-corrected chi connectivity index (χ0v) is 18.5. The molecule has 2 heterocycles. The number of rotatable bonds is 1. The number of benzene rings is 4. The molecule has 1 aliphatic rings. The lowest BCUT2D eigenvalue weighted by Gasteiger charge is -2.32. The normalized spacial score (nSPS) is 18.2. The standard InChI is InChI=1S/C26H23BO2S/c1-25(2)26(3,4)29-27(28-25)20-15-17-10-6-8-12-19(17)23-22-18-11-7-5-9-16(18)13-14-21(22)30-24(20)23/h5-15H,1-4H3. The van der Waals surface area contributed by atoms with Gasteiger partial charge in [-0.15, -0.1) is 11.3 Å². The van der Waals surface area contributed by atoms with E-state index in [2.05, 4.69) is 94.4 Å². The van der Waals surface area contributed by atoms with Gasteiger partial charge in [0, 0.05) is 25.6 Å². The summed E-state index contributed by atoms with van der Waals surface area (Å²) in [6.45, 7) is 8.46. The van der Waals surface area contributed by atoms with E-state index in [9.17, 15) is 0 Å². The van der Waals surface area contributed by atoms with Gasteiger partial charge >= 0.3 is 7.12 Å². The molecule has 2 nitrogen and oxygen atoms in total. The predicted octanol–water partition coefficient (Wildman–Crippen LogP) is 6.66. The Morgan fingerprint density at radius 1 is 0.700 bits per heavy atom. The fourth-order valence-corrected chi connectivity index (χ4v) is 5.82. The molecule has 148 valence electrons. The van der Waals surface area contributed by atoms with Gasteiger partial charge in [-0.3, -0.25) is 0 Å². The van der Waals surface area contributed by atoms with Gasteiger partial charge in [-0.05, 0) is 55.3 Å². The van der Waals surface area contributed by atoms with Crippen molar-refractivity contribution in [2.24, 2.45) is 0 Å². The van der Waals surface area contributed by atoms with Crippen molar-refractivity contribution in [3.63, 3.8) is 0 Å². The largest absolute Gasteiger partial charge is 0.496 e. The van der Waals surface area contributed by atoms with E-state index in [1.807, 2.05) is 11.3 Å². The van der Waals surface area contributed by atoms with E-state index in [4.69, 9.17) is 9.31 Å². The SMILES string of the molecule is CC1(C)OB(c2cc3ccccc3c3c2sc2ccc4ccccc4c23)OC1(C)C. The molecule has 0 spiro atoms. The summed E-state index contributed by atoms with van der Waals surface area (Å²) < 4.78 is 15.5. The molecule has 0 amide bonds. The third-order valence-electron chi connectivity index (χ3n) is 6.89. The molecule has 4 heteroatoms. The molecule has 0 bridgehead atoms. The molecule has 1 saturated heterocycles. The van der Waals surface area contributed by atoms with Crippen LogP contribution in [-0.4, -0.2) is 18.3 Å². The molecule has 0 saturated carbocycles. The molecular formula is C26H23BO2S. The van der Waals surface area contributed by atoms with Crippen LogP contribution in [0.2, 0.25) is 0 Å². The lowest BCUT2D eigenvalue weighted by molar-refractivity contribution is 0.00578. The van der Waals surface area contributed by atoms with Gasteiger partial charge in [0.15, 0.2) is 0 Å². The Labute approximate surface area is 180 Å². The van der Waals surface area contributed by atoms with Crippen molar-refractivity contribution in [2.45, 2.75) is 38.9 Å². The molecule has 4 aromatic carbocycles. The molecule has 6 rings (SSSR count). The van der Waals surface area contributed by atoms with Crippen molar-refractivity contribution in [2.75, 3.05) is 0 Å². The molecule has 0 radical (unpaired) electrons. The molecule has 0 N–H and O–H groups in total. The first-order chi connectivity index (χ1) is 14.4. The van der Waals surface area contributed by atoms with Crippen molar-refractivity contribution in [3.8, 4) is 0 Å². The average molecular weight is 410 g/mol. The highest BCUT2D eigenvalue weighted by Crippen LogP contribution is 2.43. The maximum atomic E-state index is 6.48. The van der Waals surface area contributed by atoms with Crippen LogP contribution in [0.15, 0.2) is 66.7 Å². The van der Waals surface area contributed by atoms with Crippen LogP contribution in [0, 0.1) is 0 Å². The third kappa shape index (κ3) is 2.45. The van der Waals surface area contributed by atoms with Crippen molar-refractivity contribution in [3.05, 3.63) is 66.7 Å². The first kappa shape index (κ1) is 18.4. The van der Waals surface area contributed by atoms with E-state index in [0.717, 1.165) is 5.46 Å². The van der Waals surface area contributed by atoms with Gasteiger partial charge in [0.1, 0.15) is 0 Å². The molecule has 1 aromatic heterocycles. The Hall–Kier alpha value is -2.40. The lowest BCUT2D eigenvalue weighted by Crippen LogP contribution is -2.41. The van der Waals surface area contributed by atoms with Crippen LogP contribution >= 0.6 is 11.3 Å². The number of hydrogen-bond acceptors (Lipinski definition) is 3. The predicted molar refractivity (Wildman–Crippen MR) is 130 cm³/mol. The smallest absolute Gasteiger partial charge is 0.399 e. The third-order valence-corrected chi connectivity index (χ3v) is 8.09. The minimum Gasteiger partial charge on any atom is -0.399 e. The molecule has 0 unspecified atom stereocenters. The van der Waals surface area contributed by atoms with Gasteiger partial charge in [-0.2, -0.15) is 0 Å². The van der Waals surface area contributed by atoms with Crippen molar-refractivity contribution >= 4 is 65.6 Å². The summed E-state index contributed by atoms with van der Waals surface area (Å²) in [5.41, 5.74) is 0.408. The summed E-state index contributed by atoms with van der Waals surface area (Å²) in [6.07, 6.45) is 0. The average Bonchev–Trinajstić information content (AvgIpc) is 3.22. The maximum Gasteiger partial charge on any atom is 0.496 e. The summed E-state index contributed by atoms with van der Waals surface area (Å²) in [5.74, 6) is 0. The van der Waals surface area contributed by atoms with Crippen molar-refractivity contribution < 1.29 is 9.31 Å². The van der Waals surface area contributed by atoms with Gasteiger partial charge in [0.25, 0.3) is 0 Å². The second-order valence-electron chi connectivity index (χ2n) is 9.24. The molecule has 0 aliphatic carbocycles. The number of thiophene rings is 1. The van der Waals surface area contributed by atoms with Gasteiger partial charge in [-0.25, -0.2) is 0 Å². The van der Waals surface area contributed by atoms with E-state index >= 15 is 0 Å². The molecule has 1 fully saturated rings. The molecule has 0 atom stereocenters. The lowest BCUT2D eigenvalue weighted by atomic mass is 9.77. The molecular weight excluding hydrogens is 387 g/mol. The van der Waals surface area contributed by atoms with Crippen LogP contribution in [0.1, 0.15) is 27.7 Å². The van der Waals surface area contributed by atoms with Crippen LogP contribution in [-0.2, 0) is 9.31 Å². The first-order valence-electron chi connectivity index (χ1n) is 10.5. The Balaban J connectivity index is 1.76. The summed E-state index contributed by atoms with van der Waals surface area (Å²) in [5, 5.41) is 7.74. The topological polar surface area (TPSA) is 18.5 Å². The maximum absolute atomic E-state index is 6.48. The number of hydrogen-bond donors (Lipinski definition) is 0. The van der Waals surface area contributed by atoms with Crippen LogP contribution in [0.3, 0.4) is 0 Å². The summed E-state index contributed by atoms with van der Waals surface area (Å²) in [6, 6.07) is 24.1. The monoisotopic (exact) mass is 410 g/mol. The van der Waals surface area contributed by atoms with E-state index in [0.29, 0.717) is 0 Å². The second-order valence-corrected chi connectivity index (χ2v) is 10.3. The summed E-state index contributed by atoms with van der Waals surface area (Å²) in [7, 11) is -0.374. The van der Waals surface area contributed by atoms with Gasteiger partial charge < -0.3 is 9.31 Å². The Morgan fingerprint density at radius 2 is 1.30 bits per heavy atom. The van der Waals surface area contributed by atoms with E-state index in [-0.39, 0.29) is 18.3 Å². The van der Waals surface area contributed by atoms with Crippen molar-refractivity contribution in [1.82, 2.24) is 0 Å². The Bertz CT molecular complexity index is 1450. The van der Waals surface area contributed by atoms with Crippen LogP contribution < -0.4 is 5.46 Å². The minimum absolute atomic E-state index is 0.362. The van der Waals surface area contributed by atoms with Gasteiger partial charge in [0.2, 0.25) is 0 Å². The quantitative estimate of drug-likeness (QED) is 0.288. The molecule has 5 aromatic rings. The van der Waals surface area contributed by atoms with Gasteiger partial charge in [0.05, 0.1) is 11.2 Å². The first-order valence-corrected chi connectivity index (χ1v) is 11.3.